The number of sulfonamides is 1. The standard InChI is InChI=1S/C12H14ClN3O4S/c1-2-9-12(18)15-11(17)6-16(9)21(19,20)10-4-3-7(13)5-8(10)14/h3-5,9H,2,6,14H2,1H3,(H,15,17,18). The van der Waals surface area contributed by atoms with Crippen LogP contribution < -0.4 is 11.1 Å². The van der Waals surface area contributed by atoms with Crippen LogP contribution in [0.15, 0.2) is 23.1 Å². The van der Waals surface area contributed by atoms with Crippen molar-refractivity contribution in [2.24, 2.45) is 0 Å². The maximum absolute atomic E-state index is 12.7. The molecule has 0 bridgehead atoms. The molecule has 1 saturated heterocycles. The quantitative estimate of drug-likeness (QED) is 0.613. The molecule has 1 heterocycles. The van der Waals surface area contributed by atoms with Crippen LogP contribution in [0.4, 0.5) is 5.69 Å². The second kappa shape index (κ2) is 5.63. The number of carbonyl (C=O) groups is 2. The third kappa shape index (κ3) is 2.87. The van der Waals surface area contributed by atoms with Gasteiger partial charge in [0.05, 0.1) is 12.2 Å². The van der Waals surface area contributed by atoms with Crippen LogP contribution >= 0.6 is 11.6 Å². The van der Waals surface area contributed by atoms with E-state index in [9.17, 15) is 18.0 Å². The van der Waals surface area contributed by atoms with Gasteiger partial charge in [-0.25, -0.2) is 8.42 Å². The molecule has 1 atom stereocenters. The Hall–Kier alpha value is -1.64. The van der Waals surface area contributed by atoms with Gasteiger partial charge < -0.3 is 5.73 Å². The van der Waals surface area contributed by atoms with Crippen LogP contribution in [-0.4, -0.2) is 37.1 Å². The number of halogens is 1. The van der Waals surface area contributed by atoms with Gasteiger partial charge in [0.15, 0.2) is 0 Å². The molecular formula is C12H14ClN3O4S. The summed E-state index contributed by atoms with van der Waals surface area (Å²) in [6.07, 6.45) is 0.242. The number of benzene rings is 1. The molecule has 1 aliphatic heterocycles. The minimum absolute atomic E-state index is 0.0317. The zero-order valence-electron chi connectivity index (χ0n) is 11.2. The van der Waals surface area contributed by atoms with Gasteiger partial charge in [0.1, 0.15) is 10.9 Å². The van der Waals surface area contributed by atoms with Crippen LogP contribution in [0.2, 0.25) is 5.02 Å². The lowest BCUT2D eigenvalue weighted by Gasteiger charge is -2.32. The number of carbonyl (C=O) groups excluding carboxylic acids is 2. The van der Waals surface area contributed by atoms with E-state index in [0.29, 0.717) is 5.02 Å². The Morgan fingerprint density at radius 1 is 1.43 bits per heavy atom. The average Bonchev–Trinajstić information content (AvgIpc) is 2.37. The lowest BCUT2D eigenvalue weighted by Crippen LogP contribution is -2.59. The minimum Gasteiger partial charge on any atom is -0.398 e. The number of anilines is 1. The molecule has 0 aromatic heterocycles. The monoisotopic (exact) mass is 331 g/mol. The van der Waals surface area contributed by atoms with Gasteiger partial charge in [0, 0.05) is 5.02 Å². The smallest absolute Gasteiger partial charge is 0.246 e. The van der Waals surface area contributed by atoms with Crippen molar-refractivity contribution in [2.75, 3.05) is 12.3 Å². The van der Waals surface area contributed by atoms with Gasteiger partial charge in [0.25, 0.3) is 0 Å². The largest absolute Gasteiger partial charge is 0.398 e. The van der Waals surface area contributed by atoms with E-state index in [1.165, 1.54) is 18.2 Å². The van der Waals surface area contributed by atoms with Gasteiger partial charge in [-0.1, -0.05) is 18.5 Å². The van der Waals surface area contributed by atoms with Crippen molar-refractivity contribution in [2.45, 2.75) is 24.3 Å². The number of nitrogens with one attached hydrogen (secondary N) is 1. The van der Waals surface area contributed by atoms with Gasteiger partial charge in [0.2, 0.25) is 21.8 Å². The number of hydrogen-bond donors (Lipinski definition) is 2. The van der Waals surface area contributed by atoms with Gasteiger partial charge in [-0.3, -0.25) is 14.9 Å². The number of nitrogens with zero attached hydrogens (tertiary/aromatic N) is 1. The summed E-state index contributed by atoms with van der Waals surface area (Å²) in [5.74, 6) is -1.30. The molecule has 2 rings (SSSR count). The van der Waals surface area contributed by atoms with Crippen LogP contribution in [-0.2, 0) is 19.6 Å². The van der Waals surface area contributed by atoms with Crippen molar-refractivity contribution < 1.29 is 18.0 Å². The fraction of sp³-hybridized carbons (Fsp3) is 0.333. The van der Waals surface area contributed by atoms with Crippen molar-refractivity contribution in [3.63, 3.8) is 0 Å². The molecule has 1 aromatic carbocycles. The van der Waals surface area contributed by atoms with Crippen molar-refractivity contribution in [3.8, 4) is 0 Å². The number of imide groups is 1. The second-order valence-electron chi connectivity index (χ2n) is 4.57. The van der Waals surface area contributed by atoms with Gasteiger partial charge >= 0.3 is 0 Å². The molecule has 1 fully saturated rings. The molecule has 0 spiro atoms. The highest BCUT2D eigenvalue weighted by Gasteiger charge is 2.41. The molecule has 0 radical (unpaired) electrons. The molecule has 0 saturated carbocycles. The molecule has 0 aliphatic carbocycles. The molecule has 1 unspecified atom stereocenters. The fourth-order valence-electron chi connectivity index (χ4n) is 2.16. The number of rotatable bonds is 3. The van der Waals surface area contributed by atoms with Crippen molar-refractivity contribution >= 4 is 39.1 Å². The van der Waals surface area contributed by atoms with E-state index < -0.39 is 34.4 Å². The Kier molecular flexibility index (Phi) is 4.22. The molecule has 1 aromatic rings. The Morgan fingerprint density at radius 2 is 2.10 bits per heavy atom. The minimum atomic E-state index is -4.07. The predicted molar refractivity (Wildman–Crippen MR) is 77.0 cm³/mol. The summed E-state index contributed by atoms with van der Waals surface area (Å²) in [5.41, 5.74) is 5.66. The summed E-state index contributed by atoms with van der Waals surface area (Å²) in [4.78, 5) is 23.1. The molecule has 1 aliphatic rings. The number of nitrogen functional groups attached to an aromatic ring is 1. The fourth-order valence-corrected chi connectivity index (χ4v) is 4.06. The maximum Gasteiger partial charge on any atom is 0.246 e. The Bertz CT molecular complexity index is 704. The highest BCUT2D eigenvalue weighted by Crippen LogP contribution is 2.28. The lowest BCUT2D eigenvalue weighted by atomic mass is 10.2. The first-order chi connectivity index (χ1) is 9.77. The van der Waals surface area contributed by atoms with E-state index in [1.807, 2.05) is 0 Å². The van der Waals surface area contributed by atoms with Crippen molar-refractivity contribution in [1.29, 1.82) is 0 Å². The van der Waals surface area contributed by atoms with E-state index in [1.54, 1.807) is 6.92 Å². The zero-order valence-corrected chi connectivity index (χ0v) is 12.7. The van der Waals surface area contributed by atoms with Crippen LogP contribution in [0.3, 0.4) is 0 Å². The molecular weight excluding hydrogens is 318 g/mol. The summed E-state index contributed by atoms with van der Waals surface area (Å²) < 4.78 is 26.2. The maximum atomic E-state index is 12.7. The Labute approximate surface area is 127 Å². The van der Waals surface area contributed by atoms with Gasteiger partial charge in [-0.05, 0) is 24.6 Å². The summed E-state index contributed by atoms with van der Waals surface area (Å²) >= 11 is 5.75. The molecule has 3 N–H and O–H groups in total. The van der Waals surface area contributed by atoms with Gasteiger partial charge in [-0.15, -0.1) is 0 Å². The van der Waals surface area contributed by atoms with Crippen molar-refractivity contribution in [3.05, 3.63) is 23.2 Å². The number of piperazine rings is 1. The predicted octanol–water partition coefficient (Wildman–Crippen LogP) is 0.348. The summed E-state index contributed by atoms with van der Waals surface area (Å²) in [7, 11) is -4.07. The van der Waals surface area contributed by atoms with Crippen LogP contribution in [0.1, 0.15) is 13.3 Å². The van der Waals surface area contributed by atoms with E-state index in [-0.39, 0.29) is 17.0 Å². The highest BCUT2D eigenvalue weighted by atomic mass is 35.5. The summed E-state index contributed by atoms with van der Waals surface area (Å²) in [6, 6.07) is 3.01. The van der Waals surface area contributed by atoms with E-state index in [4.69, 9.17) is 17.3 Å². The lowest BCUT2D eigenvalue weighted by molar-refractivity contribution is -0.137. The average molecular weight is 332 g/mol. The van der Waals surface area contributed by atoms with E-state index in [0.717, 1.165) is 4.31 Å². The number of amides is 2. The van der Waals surface area contributed by atoms with Gasteiger partial charge in [-0.2, -0.15) is 4.31 Å². The van der Waals surface area contributed by atoms with Crippen LogP contribution in [0.5, 0.6) is 0 Å². The van der Waals surface area contributed by atoms with E-state index >= 15 is 0 Å². The first-order valence-electron chi connectivity index (χ1n) is 6.18. The van der Waals surface area contributed by atoms with Crippen LogP contribution in [0.25, 0.3) is 0 Å². The molecule has 114 valence electrons. The van der Waals surface area contributed by atoms with E-state index in [2.05, 4.69) is 5.32 Å². The first kappa shape index (κ1) is 15.7. The first-order valence-corrected chi connectivity index (χ1v) is 7.99. The second-order valence-corrected chi connectivity index (χ2v) is 6.86. The molecule has 7 nitrogen and oxygen atoms in total. The summed E-state index contributed by atoms with van der Waals surface area (Å²) in [6.45, 7) is 1.24. The number of nitrogens with two attached hydrogens (primary N) is 1. The highest BCUT2D eigenvalue weighted by molar-refractivity contribution is 7.89. The van der Waals surface area contributed by atoms with Crippen molar-refractivity contribution in [1.82, 2.24) is 9.62 Å². The topological polar surface area (TPSA) is 110 Å². The Balaban J connectivity index is 2.50. The molecule has 21 heavy (non-hydrogen) atoms. The zero-order chi connectivity index (χ0) is 15.8. The summed E-state index contributed by atoms with van der Waals surface area (Å²) in [5, 5.41) is 2.42. The number of hydrogen-bond acceptors (Lipinski definition) is 5. The third-order valence-corrected chi connectivity index (χ3v) is 5.32. The SMILES string of the molecule is CCC1C(=O)NC(=O)CN1S(=O)(=O)c1ccc(Cl)cc1N. The normalized spacial score (nSPS) is 20.4. The molecule has 9 heteroatoms. The third-order valence-electron chi connectivity index (χ3n) is 3.16. The van der Waals surface area contributed by atoms with Crippen LogP contribution in [0, 0.1) is 0 Å². The Morgan fingerprint density at radius 3 is 2.67 bits per heavy atom. The molecule has 2 amide bonds.